The van der Waals surface area contributed by atoms with Gasteiger partial charge >= 0.3 is 0 Å². The fourth-order valence-corrected chi connectivity index (χ4v) is 6.08. The molecule has 0 aromatic heterocycles. The van der Waals surface area contributed by atoms with E-state index in [2.05, 4.69) is 28.3 Å². The number of nitrogens with one attached hydrogen (secondary N) is 2. The normalized spacial score (nSPS) is 20.4. The number of fused-ring (bicyclic) bond motifs is 3. The zero-order chi connectivity index (χ0) is 24.6. The number of methoxy groups -OCH3 is 3. The first-order valence-electron chi connectivity index (χ1n) is 11.4. The lowest BCUT2D eigenvalue weighted by atomic mass is 9.77. The van der Waals surface area contributed by atoms with Gasteiger partial charge in [-0.2, -0.15) is 0 Å². The van der Waals surface area contributed by atoms with Crippen molar-refractivity contribution in [2.75, 3.05) is 31.4 Å². The molecule has 1 aliphatic carbocycles. The maximum Gasteiger partial charge on any atom is 0.261 e. The Morgan fingerprint density at radius 1 is 0.886 bits per heavy atom. The van der Waals surface area contributed by atoms with Crippen LogP contribution in [-0.2, 0) is 10.0 Å². The average Bonchev–Trinajstić information content (AvgIpc) is 3.38. The van der Waals surface area contributed by atoms with Crippen molar-refractivity contribution in [1.82, 2.24) is 0 Å². The van der Waals surface area contributed by atoms with Gasteiger partial charge in [0.15, 0.2) is 11.5 Å². The van der Waals surface area contributed by atoms with Crippen LogP contribution in [0.4, 0.5) is 11.4 Å². The van der Waals surface area contributed by atoms with E-state index in [4.69, 9.17) is 14.2 Å². The molecule has 0 bridgehead atoms. The van der Waals surface area contributed by atoms with E-state index in [9.17, 15) is 8.42 Å². The highest BCUT2D eigenvalue weighted by Crippen LogP contribution is 2.51. The lowest BCUT2D eigenvalue weighted by Crippen LogP contribution is -2.29. The van der Waals surface area contributed by atoms with Gasteiger partial charge in [0.25, 0.3) is 10.0 Å². The van der Waals surface area contributed by atoms with Gasteiger partial charge in [0, 0.05) is 17.3 Å². The molecule has 5 rings (SSSR count). The van der Waals surface area contributed by atoms with Crippen molar-refractivity contribution in [3.05, 3.63) is 83.9 Å². The fraction of sp³-hybridized carbons (Fsp3) is 0.259. The summed E-state index contributed by atoms with van der Waals surface area (Å²) >= 11 is 0. The van der Waals surface area contributed by atoms with Crippen LogP contribution in [0.15, 0.2) is 77.7 Å². The van der Waals surface area contributed by atoms with Gasteiger partial charge in [0.1, 0.15) is 5.75 Å². The molecular weight excluding hydrogens is 464 g/mol. The molecule has 1 aliphatic heterocycles. The summed E-state index contributed by atoms with van der Waals surface area (Å²) in [5, 5.41) is 3.65. The summed E-state index contributed by atoms with van der Waals surface area (Å²) < 4.78 is 45.0. The molecule has 3 unspecified atom stereocenters. The second-order valence-corrected chi connectivity index (χ2v) is 10.4. The number of benzene rings is 3. The molecule has 0 saturated carbocycles. The van der Waals surface area contributed by atoms with Gasteiger partial charge in [0.05, 0.1) is 32.3 Å². The van der Waals surface area contributed by atoms with Crippen LogP contribution in [0.5, 0.6) is 17.2 Å². The van der Waals surface area contributed by atoms with Gasteiger partial charge in [0.2, 0.25) is 0 Å². The van der Waals surface area contributed by atoms with E-state index in [1.54, 1.807) is 57.7 Å². The van der Waals surface area contributed by atoms with E-state index in [0.29, 0.717) is 22.9 Å². The topological polar surface area (TPSA) is 85.9 Å². The molecule has 3 atom stereocenters. The number of hydrogen-bond acceptors (Lipinski definition) is 6. The fourth-order valence-electron chi connectivity index (χ4n) is 4.99. The third kappa shape index (κ3) is 4.30. The van der Waals surface area contributed by atoms with Crippen molar-refractivity contribution in [3.63, 3.8) is 0 Å². The Kier molecular flexibility index (Phi) is 6.06. The van der Waals surface area contributed by atoms with Crippen LogP contribution >= 0.6 is 0 Å². The number of hydrogen-bond donors (Lipinski definition) is 2. The number of rotatable bonds is 7. The summed E-state index contributed by atoms with van der Waals surface area (Å²) in [6.45, 7) is 0. The first kappa shape index (κ1) is 23.1. The summed E-state index contributed by atoms with van der Waals surface area (Å²) in [6.07, 6.45) is 5.26. The highest BCUT2D eigenvalue weighted by molar-refractivity contribution is 7.92. The van der Waals surface area contributed by atoms with Crippen LogP contribution in [0.25, 0.3) is 0 Å². The SMILES string of the molecule is COc1ccc(NS(=O)(=O)c2ccc3c(c2)C2C=CCC2C(c2ccc(OC)c(OC)c2)N3)cc1. The van der Waals surface area contributed by atoms with Gasteiger partial charge in [-0.05, 0) is 78.1 Å². The van der Waals surface area contributed by atoms with Crippen molar-refractivity contribution in [2.45, 2.75) is 23.3 Å². The molecule has 182 valence electrons. The molecule has 0 saturated heterocycles. The maximum atomic E-state index is 13.1. The predicted octanol–water partition coefficient (Wildman–Crippen LogP) is 5.34. The zero-order valence-corrected chi connectivity index (χ0v) is 20.6. The van der Waals surface area contributed by atoms with Gasteiger partial charge in [-0.3, -0.25) is 4.72 Å². The van der Waals surface area contributed by atoms with Crippen LogP contribution in [-0.4, -0.2) is 29.7 Å². The standard InChI is InChI=1S/C27H28N2O5S/c1-32-19-10-8-18(9-11-19)29-35(30,31)20-12-13-24-23(16-20)21-5-4-6-22(21)27(28-24)17-7-14-25(33-2)26(15-17)34-3/h4-5,7-16,21-22,27-29H,6H2,1-3H3. The van der Waals surface area contributed by atoms with Crippen LogP contribution in [0, 0.1) is 5.92 Å². The minimum atomic E-state index is -3.75. The molecular formula is C27H28N2O5S. The highest BCUT2D eigenvalue weighted by Gasteiger charge is 2.38. The summed E-state index contributed by atoms with van der Waals surface area (Å²) in [5.74, 6) is 2.41. The Balaban J connectivity index is 1.46. The van der Waals surface area contributed by atoms with Gasteiger partial charge in [-0.25, -0.2) is 8.42 Å². The van der Waals surface area contributed by atoms with Crippen LogP contribution in [0.3, 0.4) is 0 Å². The van der Waals surface area contributed by atoms with E-state index in [-0.39, 0.29) is 22.8 Å². The van der Waals surface area contributed by atoms with Crippen LogP contribution in [0.1, 0.15) is 29.5 Å². The number of allylic oxidation sites excluding steroid dienone is 2. The average molecular weight is 493 g/mol. The van der Waals surface area contributed by atoms with E-state index >= 15 is 0 Å². The van der Waals surface area contributed by atoms with E-state index < -0.39 is 10.0 Å². The molecule has 0 amide bonds. The summed E-state index contributed by atoms with van der Waals surface area (Å²) in [7, 11) is 1.08. The molecule has 2 aliphatic rings. The van der Waals surface area contributed by atoms with E-state index in [1.807, 2.05) is 18.2 Å². The number of sulfonamides is 1. The van der Waals surface area contributed by atoms with Crippen LogP contribution < -0.4 is 24.2 Å². The Hall–Kier alpha value is -3.65. The smallest absolute Gasteiger partial charge is 0.261 e. The van der Waals surface area contributed by atoms with Crippen molar-refractivity contribution in [1.29, 1.82) is 0 Å². The van der Waals surface area contributed by atoms with Gasteiger partial charge in [-0.15, -0.1) is 0 Å². The third-order valence-corrected chi connectivity index (χ3v) is 8.13. The molecule has 0 radical (unpaired) electrons. The first-order valence-corrected chi connectivity index (χ1v) is 12.9. The lowest BCUT2D eigenvalue weighted by molar-refractivity contribution is 0.353. The molecule has 3 aromatic rings. The van der Waals surface area contributed by atoms with Crippen LogP contribution in [0.2, 0.25) is 0 Å². The Bertz CT molecular complexity index is 1370. The summed E-state index contributed by atoms with van der Waals surface area (Å²) in [6, 6.07) is 18.1. The Morgan fingerprint density at radius 3 is 2.37 bits per heavy atom. The summed E-state index contributed by atoms with van der Waals surface area (Å²) in [5.41, 5.74) is 3.50. The second kappa shape index (κ2) is 9.19. The van der Waals surface area contributed by atoms with E-state index in [0.717, 1.165) is 23.2 Å². The molecule has 7 nitrogen and oxygen atoms in total. The molecule has 2 N–H and O–H groups in total. The third-order valence-electron chi connectivity index (χ3n) is 6.75. The largest absolute Gasteiger partial charge is 0.497 e. The monoisotopic (exact) mass is 492 g/mol. The Morgan fingerprint density at radius 2 is 1.66 bits per heavy atom. The lowest BCUT2D eigenvalue weighted by Gasteiger charge is -2.38. The molecule has 0 spiro atoms. The molecule has 1 heterocycles. The van der Waals surface area contributed by atoms with Crippen molar-refractivity contribution < 1.29 is 22.6 Å². The van der Waals surface area contributed by atoms with Crippen molar-refractivity contribution in [3.8, 4) is 17.2 Å². The number of ether oxygens (including phenoxy) is 3. The predicted molar refractivity (Wildman–Crippen MR) is 136 cm³/mol. The second-order valence-electron chi connectivity index (χ2n) is 8.67. The van der Waals surface area contributed by atoms with Crippen molar-refractivity contribution in [2.24, 2.45) is 5.92 Å². The Labute approximate surface area is 205 Å². The minimum Gasteiger partial charge on any atom is -0.497 e. The molecule has 8 heteroatoms. The maximum absolute atomic E-state index is 13.1. The molecule has 35 heavy (non-hydrogen) atoms. The first-order chi connectivity index (χ1) is 16.9. The van der Waals surface area contributed by atoms with Gasteiger partial charge in [-0.1, -0.05) is 18.2 Å². The molecule has 3 aromatic carbocycles. The summed E-state index contributed by atoms with van der Waals surface area (Å²) in [4.78, 5) is 0.234. The van der Waals surface area contributed by atoms with E-state index in [1.165, 1.54) is 0 Å². The molecule has 0 fully saturated rings. The minimum absolute atomic E-state index is 0.0576. The number of anilines is 2. The van der Waals surface area contributed by atoms with Crippen molar-refractivity contribution >= 4 is 21.4 Å². The highest BCUT2D eigenvalue weighted by atomic mass is 32.2. The zero-order valence-electron chi connectivity index (χ0n) is 19.8. The quantitative estimate of drug-likeness (QED) is 0.433. The van der Waals surface area contributed by atoms with Gasteiger partial charge < -0.3 is 19.5 Å².